The van der Waals surface area contributed by atoms with Crippen molar-refractivity contribution in [3.05, 3.63) is 35.4 Å². The maximum atomic E-state index is 9.26. The van der Waals surface area contributed by atoms with Gasteiger partial charge in [-0.3, -0.25) is 5.10 Å². The number of anilines is 1. The summed E-state index contributed by atoms with van der Waals surface area (Å²) in [6.45, 7) is 0.556. The summed E-state index contributed by atoms with van der Waals surface area (Å²) in [7, 11) is 5.34. The predicted octanol–water partition coefficient (Wildman–Crippen LogP) is 2.12. The maximum absolute atomic E-state index is 9.26. The molecule has 1 aromatic carbocycles. The SMILES string of the molecule is COc1ccc(CNc2n[nH]c(/N=C/N(C)C)c2C#N)cc1. The van der Waals surface area contributed by atoms with Crippen LogP contribution in [0, 0.1) is 11.3 Å². The minimum Gasteiger partial charge on any atom is -0.497 e. The number of aliphatic imine (C=N–C) groups is 1. The van der Waals surface area contributed by atoms with Crippen molar-refractivity contribution in [3.63, 3.8) is 0 Å². The molecule has 114 valence electrons. The fourth-order valence-electron chi connectivity index (χ4n) is 1.76. The number of hydrogen-bond donors (Lipinski definition) is 2. The van der Waals surface area contributed by atoms with Gasteiger partial charge < -0.3 is 15.0 Å². The van der Waals surface area contributed by atoms with Gasteiger partial charge >= 0.3 is 0 Å². The molecule has 1 heterocycles. The van der Waals surface area contributed by atoms with Crippen LogP contribution in [0.5, 0.6) is 5.75 Å². The number of H-pyrrole nitrogens is 1. The molecular weight excluding hydrogens is 280 g/mol. The van der Waals surface area contributed by atoms with Crippen LogP contribution in [0.1, 0.15) is 11.1 Å². The summed E-state index contributed by atoms with van der Waals surface area (Å²) in [4.78, 5) is 5.96. The third-order valence-corrected chi connectivity index (χ3v) is 2.90. The van der Waals surface area contributed by atoms with E-state index in [-0.39, 0.29) is 0 Å². The molecular formula is C15H18N6O. The lowest BCUT2D eigenvalue weighted by atomic mass is 10.2. The Hall–Kier alpha value is -3.01. The van der Waals surface area contributed by atoms with Crippen molar-refractivity contribution in [1.29, 1.82) is 5.26 Å². The second-order valence-electron chi connectivity index (χ2n) is 4.82. The number of nitrogens with zero attached hydrogens (tertiary/aromatic N) is 4. The maximum Gasteiger partial charge on any atom is 0.169 e. The third kappa shape index (κ3) is 3.76. The Labute approximate surface area is 129 Å². The first-order valence-electron chi connectivity index (χ1n) is 6.70. The molecule has 2 rings (SSSR count). The van der Waals surface area contributed by atoms with E-state index in [4.69, 9.17) is 4.74 Å². The van der Waals surface area contributed by atoms with Crippen molar-refractivity contribution in [3.8, 4) is 11.8 Å². The van der Waals surface area contributed by atoms with Crippen molar-refractivity contribution < 1.29 is 4.74 Å². The monoisotopic (exact) mass is 298 g/mol. The molecule has 0 radical (unpaired) electrons. The van der Waals surface area contributed by atoms with Crippen LogP contribution in [-0.4, -0.2) is 42.6 Å². The van der Waals surface area contributed by atoms with E-state index < -0.39 is 0 Å². The van der Waals surface area contributed by atoms with Crippen molar-refractivity contribution >= 4 is 18.0 Å². The molecule has 2 N–H and O–H groups in total. The molecule has 0 aliphatic rings. The van der Waals surface area contributed by atoms with Crippen molar-refractivity contribution in [2.45, 2.75) is 6.54 Å². The third-order valence-electron chi connectivity index (χ3n) is 2.90. The molecule has 0 aliphatic carbocycles. The minimum atomic E-state index is 0.395. The average Bonchev–Trinajstić information content (AvgIpc) is 2.93. The molecule has 0 fully saturated rings. The van der Waals surface area contributed by atoms with Gasteiger partial charge in [0.1, 0.15) is 17.4 Å². The molecule has 2 aromatic rings. The van der Waals surface area contributed by atoms with Crippen molar-refractivity contribution in [1.82, 2.24) is 15.1 Å². The number of nitrogens with one attached hydrogen (secondary N) is 2. The van der Waals surface area contributed by atoms with E-state index in [1.54, 1.807) is 18.3 Å². The van der Waals surface area contributed by atoms with Crippen LogP contribution in [0.2, 0.25) is 0 Å². The van der Waals surface area contributed by atoms with E-state index in [0.717, 1.165) is 11.3 Å². The molecule has 0 aliphatic heterocycles. The summed E-state index contributed by atoms with van der Waals surface area (Å²) in [5.74, 6) is 1.74. The van der Waals surface area contributed by atoms with Gasteiger partial charge in [0.2, 0.25) is 0 Å². The normalized spacial score (nSPS) is 10.5. The topological polar surface area (TPSA) is 89.3 Å². The first-order chi connectivity index (χ1) is 10.6. The number of aromatic nitrogens is 2. The largest absolute Gasteiger partial charge is 0.497 e. The van der Waals surface area contributed by atoms with Gasteiger partial charge in [-0.15, -0.1) is 0 Å². The zero-order valence-electron chi connectivity index (χ0n) is 12.8. The number of hydrogen-bond acceptors (Lipinski definition) is 5. The van der Waals surface area contributed by atoms with E-state index >= 15 is 0 Å². The van der Waals surface area contributed by atoms with Crippen LogP contribution in [0.3, 0.4) is 0 Å². The van der Waals surface area contributed by atoms with Gasteiger partial charge in [-0.25, -0.2) is 4.99 Å². The zero-order chi connectivity index (χ0) is 15.9. The highest BCUT2D eigenvalue weighted by Gasteiger charge is 2.11. The zero-order valence-corrected chi connectivity index (χ0v) is 12.8. The van der Waals surface area contributed by atoms with E-state index in [1.807, 2.05) is 38.4 Å². The van der Waals surface area contributed by atoms with Crippen LogP contribution in [0.4, 0.5) is 11.6 Å². The molecule has 0 bridgehead atoms. The fourth-order valence-corrected chi connectivity index (χ4v) is 1.76. The Balaban J connectivity index is 2.08. The molecule has 0 unspecified atom stereocenters. The van der Waals surface area contributed by atoms with Gasteiger partial charge in [-0.05, 0) is 17.7 Å². The predicted molar refractivity (Wildman–Crippen MR) is 85.5 cm³/mol. The summed E-state index contributed by atoms with van der Waals surface area (Å²) in [5.41, 5.74) is 1.46. The van der Waals surface area contributed by atoms with Crippen molar-refractivity contribution in [2.75, 3.05) is 26.5 Å². The number of aromatic amines is 1. The minimum absolute atomic E-state index is 0.395. The molecule has 0 saturated heterocycles. The second-order valence-corrected chi connectivity index (χ2v) is 4.82. The standard InChI is InChI=1S/C15H18N6O/c1-21(2)10-18-15-13(8-16)14(19-20-15)17-9-11-4-6-12(22-3)7-5-11/h4-7,10H,9H2,1-3H3,(H2,17,19,20)/b18-10+. The van der Waals surface area contributed by atoms with Gasteiger partial charge in [-0.1, -0.05) is 12.1 Å². The molecule has 7 nitrogen and oxygen atoms in total. The number of rotatable bonds is 6. The van der Waals surface area contributed by atoms with Crippen molar-refractivity contribution in [2.24, 2.45) is 4.99 Å². The highest BCUT2D eigenvalue weighted by atomic mass is 16.5. The Morgan fingerprint density at radius 1 is 1.41 bits per heavy atom. The van der Waals surface area contributed by atoms with Crippen LogP contribution < -0.4 is 10.1 Å². The number of benzene rings is 1. The van der Waals surface area contributed by atoms with Gasteiger partial charge in [0.25, 0.3) is 0 Å². The van der Waals surface area contributed by atoms with E-state index in [1.165, 1.54) is 0 Å². The number of nitriles is 1. The molecule has 22 heavy (non-hydrogen) atoms. The quantitative estimate of drug-likeness (QED) is 0.630. The smallest absolute Gasteiger partial charge is 0.169 e. The van der Waals surface area contributed by atoms with Crippen LogP contribution >= 0.6 is 0 Å². The van der Waals surface area contributed by atoms with Gasteiger partial charge in [0, 0.05) is 20.6 Å². The van der Waals surface area contributed by atoms with E-state index in [2.05, 4.69) is 26.6 Å². The van der Waals surface area contributed by atoms with Gasteiger partial charge in [0.05, 0.1) is 13.4 Å². The summed E-state index contributed by atoms with van der Waals surface area (Å²) in [6.07, 6.45) is 1.61. The lowest BCUT2D eigenvalue weighted by Gasteiger charge is -2.05. The Kier molecular flexibility index (Phi) is 4.98. The Morgan fingerprint density at radius 3 is 2.73 bits per heavy atom. The first-order valence-corrected chi connectivity index (χ1v) is 6.70. The van der Waals surface area contributed by atoms with Crippen LogP contribution in [0.15, 0.2) is 29.3 Å². The van der Waals surface area contributed by atoms with E-state index in [9.17, 15) is 5.26 Å². The lowest BCUT2D eigenvalue weighted by molar-refractivity contribution is 0.414. The molecule has 0 saturated carbocycles. The molecule has 0 amide bonds. The van der Waals surface area contributed by atoms with Gasteiger partial charge in [-0.2, -0.15) is 10.4 Å². The average molecular weight is 298 g/mol. The second kappa shape index (κ2) is 7.13. The first kappa shape index (κ1) is 15.4. The highest BCUT2D eigenvalue weighted by molar-refractivity contribution is 5.68. The van der Waals surface area contributed by atoms with Gasteiger partial charge in [0.15, 0.2) is 11.6 Å². The molecule has 0 spiro atoms. The van der Waals surface area contributed by atoms with E-state index in [0.29, 0.717) is 23.7 Å². The lowest BCUT2D eigenvalue weighted by Crippen LogP contribution is -2.07. The summed E-state index contributed by atoms with van der Waals surface area (Å²) >= 11 is 0. The molecule has 1 aromatic heterocycles. The van der Waals surface area contributed by atoms with Crippen LogP contribution in [0.25, 0.3) is 0 Å². The summed E-state index contributed by atoms with van der Waals surface area (Å²) in [5, 5.41) is 19.3. The highest BCUT2D eigenvalue weighted by Crippen LogP contribution is 2.23. The summed E-state index contributed by atoms with van der Waals surface area (Å²) in [6, 6.07) is 9.80. The number of methoxy groups -OCH3 is 1. The molecule has 0 atom stereocenters. The summed E-state index contributed by atoms with van der Waals surface area (Å²) < 4.78 is 5.12. The van der Waals surface area contributed by atoms with Crippen LogP contribution in [-0.2, 0) is 6.54 Å². The Bertz CT molecular complexity index is 681. The number of ether oxygens (including phenoxy) is 1. The molecule has 7 heteroatoms. The fraction of sp³-hybridized carbons (Fsp3) is 0.267. The Morgan fingerprint density at radius 2 is 2.14 bits per heavy atom.